The van der Waals surface area contributed by atoms with Crippen molar-refractivity contribution in [1.82, 2.24) is 9.88 Å². The molecule has 0 radical (unpaired) electrons. The van der Waals surface area contributed by atoms with Gasteiger partial charge in [-0.2, -0.15) is 0 Å². The van der Waals surface area contributed by atoms with E-state index in [0.29, 0.717) is 23.0 Å². The van der Waals surface area contributed by atoms with Crippen LogP contribution in [-0.4, -0.2) is 43.0 Å². The Labute approximate surface area is 148 Å². The van der Waals surface area contributed by atoms with Gasteiger partial charge in [0.2, 0.25) is 0 Å². The van der Waals surface area contributed by atoms with Crippen molar-refractivity contribution in [3.05, 3.63) is 64.8 Å². The van der Waals surface area contributed by atoms with Crippen LogP contribution in [0.25, 0.3) is 6.08 Å². The molecule has 0 aliphatic heterocycles. The first-order chi connectivity index (χ1) is 11.5. The maximum Gasteiger partial charge on any atom is 0.255 e. The van der Waals surface area contributed by atoms with E-state index in [1.54, 1.807) is 18.0 Å². The molecule has 0 N–H and O–H groups in total. The fourth-order valence-corrected chi connectivity index (χ4v) is 2.42. The molecule has 0 saturated heterocycles. The third-order valence-corrected chi connectivity index (χ3v) is 3.90. The number of likely N-dealkylation sites (N-methyl/N-ethyl adjacent to an activating group) is 1. The number of carbonyl (C=O) groups is 1. The number of rotatable bonds is 6. The van der Waals surface area contributed by atoms with Gasteiger partial charge in [-0.15, -0.1) is 0 Å². The number of pyridine rings is 1. The third-order valence-electron chi connectivity index (χ3n) is 3.56. The SMILES string of the molecule is C/C(=C\c1ccccc1Cl)C(=O)N(CCN(C)C)c1ccccn1. The van der Waals surface area contributed by atoms with Crippen molar-refractivity contribution >= 4 is 29.4 Å². The van der Waals surface area contributed by atoms with Gasteiger partial charge in [-0.1, -0.05) is 35.9 Å². The standard InChI is InChI=1S/C19H22ClN3O/c1-15(14-16-8-4-5-9-17(16)20)19(24)23(13-12-22(2)3)18-10-6-7-11-21-18/h4-11,14H,12-13H2,1-3H3/b15-14+. The quantitative estimate of drug-likeness (QED) is 0.750. The predicted molar refractivity (Wildman–Crippen MR) is 100 cm³/mol. The number of halogens is 1. The lowest BCUT2D eigenvalue weighted by atomic mass is 10.1. The number of hydrogen-bond acceptors (Lipinski definition) is 3. The van der Waals surface area contributed by atoms with Gasteiger partial charge >= 0.3 is 0 Å². The lowest BCUT2D eigenvalue weighted by molar-refractivity contribution is -0.115. The Kier molecular flexibility index (Phi) is 6.53. The molecule has 0 aliphatic carbocycles. The number of nitrogens with zero attached hydrogens (tertiary/aromatic N) is 3. The molecule has 1 aromatic carbocycles. The summed E-state index contributed by atoms with van der Waals surface area (Å²) in [6.45, 7) is 3.12. The summed E-state index contributed by atoms with van der Waals surface area (Å²) in [5.41, 5.74) is 1.45. The second kappa shape index (κ2) is 8.62. The average molecular weight is 344 g/mol. The van der Waals surface area contributed by atoms with E-state index < -0.39 is 0 Å². The molecule has 0 aliphatic rings. The number of anilines is 1. The Hall–Kier alpha value is -2.17. The fourth-order valence-electron chi connectivity index (χ4n) is 2.23. The zero-order valence-corrected chi connectivity index (χ0v) is 15.0. The number of aromatic nitrogens is 1. The zero-order chi connectivity index (χ0) is 17.5. The van der Waals surface area contributed by atoms with E-state index in [-0.39, 0.29) is 5.91 Å². The number of benzene rings is 1. The summed E-state index contributed by atoms with van der Waals surface area (Å²) in [5.74, 6) is 0.576. The molecular formula is C19H22ClN3O. The van der Waals surface area contributed by atoms with Crippen LogP contribution < -0.4 is 4.90 Å². The van der Waals surface area contributed by atoms with E-state index in [4.69, 9.17) is 11.6 Å². The van der Waals surface area contributed by atoms with Crippen molar-refractivity contribution in [2.45, 2.75) is 6.92 Å². The molecule has 5 heteroatoms. The molecule has 0 unspecified atom stereocenters. The smallest absolute Gasteiger partial charge is 0.255 e. The first-order valence-electron chi connectivity index (χ1n) is 7.79. The highest BCUT2D eigenvalue weighted by Gasteiger charge is 2.18. The molecule has 1 heterocycles. The summed E-state index contributed by atoms with van der Waals surface area (Å²) in [5, 5.41) is 0.627. The minimum absolute atomic E-state index is 0.0736. The Bertz CT molecular complexity index is 714. The molecule has 0 bridgehead atoms. The van der Waals surface area contributed by atoms with Gasteiger partial charge in [0.05, 0.1) is 0 Å². The summed E-state index contributed by atoms with van der Waals surface area (Å²) in [7, 11) is 3.96. The molecule has 24 heavy (non-hydrogen) atoms. The average Bonchev–Trinajstić information content (AvgIpc) is 2.57. The number of carbonyl (C=O) groups excluding carboxylic acids is 1. The van der Waals surface area contributed by atoms with Crippen LogP contribution in [0.15, 0.2) is 54.2 Å². The van der Waals surface area contributed by atoms with Gasteiger partial charge < -0.3 is 4.90 Å². The van der Waals surface area contributed by atoms with Crippen LogP contribution in [0, 0.1) is 0 Å². The zero-order valence-electron chi connectivity index (χ0n) is 14.2. The minimum atomic E-state index is -0.0736. The van der Waals surface area contributed by atoms with Gasteiger partial charge in [0.25, 0.3) is 5.91 Å². The Morgan fingerprint density at radius 1 is 1.12 bits per heavy atom. The highest BCUT2D eigenvalue weighted by Crippen LogP contribution is 2.20. The van der Waals surface area contributed by atoms with Crippen molar-refractivity contribution in [2.24, 2.45) is 0 Å². The summed E-state index contributed by atoms with van der Waals surface area (Å²) in [6, 6.07) is 13.0. The molecule has 4 nitrogen and oxygen atoms in total. The highest BCUT2D eigenvalue weighted by atomic mass is 35.5. The van der Waals surface area contributed by atoms with E-state index in [9.17, 15) is 4.79 Å². The first-order valence-corrected chi connectivity index (χ1v) is 8.17. The second-order valence-corrected chi connectivity index (χ2v) is 6.20. The first kappa shape index (κ1) is 18.2. The van der Waals surface area contributed by atoms with Crippen molar-refractivity contribution in [1.29, 1.82) is 0 Å². The number of amides is 1. The Balaban J connectivity index is 2.28. The van der Waals surface area contributed by atoms with Crippen LogP contribution in [0.2, 0.25) is 5.02 Å². The van der Waals surface area contributed by atoms with Gasteiger partial charge in [-0.25, -0.2) is 4.98 Å². The van der Waals surface area contributed by atoms with Crippen LogP contribution in [0.5, 0.6) is 0 Å². The van der Waals surface area contributed by atoms with Gasteiger partial charge in [0.1, 0.15) is 5.82 Å². The topological polar surface area (TPSA) is 36.4 Å². The largest absolute Gasteiger partial charge is 0.308 e. The van der Waals surface area contributed by atoms with Crippen molar-refractivity contribution in [3.8, 4) is 0 Å². The molecule has 0 fully saturated rings. The molecule has 1 amide bonds. The Morgan fingerprint density at radius 3 is 2.46 bits per heavy atom. The summed E-state index contributed by atoms with van der Waals surface area (Å²) in [4.78, 5) is 21.0. The van der Waals surface area contributed by atoms with Crippen LogP contribution >= 0.6 is 11.6 Å². The van der Waals surface area contributed by atoms with Crippen LogP contribution in [0.4, 0.5) is 5.82 Å². The molecule has 0 saturated carbocycles. The van der Waals surface area contributed by atoms with Gasteiger partial charge in [0, 0.05) is 29.9 Å². The summed E-state index contributed by atoms with van der Waals surface area (Å²) in [6.07, 6.45) is 3.51. The van der Waals surface area contributed by atoms with Crippen LogP contribution in [0.3, 0.4) is 0 Å². The van der Waals surface area contributed by atoms with Crippen molar-refractivity contribution in [3.63, 3.8) is 0 Å². The highest BCUT2D eigenvalue weighted by molar-refractivity contribution is 6.32. The monoisotopic (exact) mass is 343 g/mol. The fraction of sp³-hybridized carbons (Fsp3) is 0.263. The normalized spacial score (nSPS) is 11.6. The van der Waals surface area contributed by atoms with Crippen molar-refractivity contribution < 1.29 is 4.79 Å². The van der Waals surface area contributed by atoms with Gasteiger partial charge in [-0.3, -0.25) is 9.69 Å². The molecular weight excluding hydrogens is 322 g/mol. The van der Waals surface area contributed by atoms with E-state index >= 15 is 0 Å². The van der Waals surface area contributed by atoms with E-state index in [1.807, 2.05) is 67.5 Å². The van der Waals surface area contributed by atoms with E-state index in [2.05, 4.69) is 4.98 Å². The van der Waals surface area contributed by atoms with E-state index in [1.165, 1.54) is 0 Å². The third kappa shape index (κ3) is 4.91. The maximum atomic E-state index is 12.9. The molecule has 0 spiro atoms. The Morgan fingerprint density at radius 2 is 1.83 bits per heavy atom. The van der Waals surface area contributed by atoms with Crippen LogP contribution in [-0.2, 0) is 4.79 Å². The van der Waals surface area contributed by atoms with Gasteiger partial charge in [-0.05, 0) is 50.9 Å². The second-order valence-electron chi connectivity index (χ2n) is 5.80. The number of hydrogen-bond donors (Lipinski definition) is 0. The molecule has 2 rings (SSSR count). The minimum Gasteiger partial charge on any atom is -0.308 e. The molecule has 126 valence electrons. The lowest BCUT2D eigenvalue weighted by Crippen LogP contribution is -2.37. The van der Waals surface area contributed by atoms with Crippen molar-refractivity contribution in [2.75, 3.05) is 32.1 Å². The lowest BCUT2D eigenvalue weighted by Gasteiger charge is -2.24. The summed E-state index contributed by atoms with van der Waals surface area (Å²) >= 11 is 6.18. The molecule has 0 atom stereocenters. The summed E-state index contributed by atoms with van der Waals surface area (Å²) < 4.78 is 0. The molecule has 1 aromatic heterocycles. The van der Waals surface area contributed by atoms with E-state index in [0.717, 1.165) is 12.1 Å². The predicted octanol–water partition coefficient (Wildman–Crippen LogP) is 3.73. The van der Waals surface area contributed by atoms with Gasteiger partial charge in [0.15, 0.2) is 0 Å². The maximum absolute atomic E-state index is 12.9. The molecule has 2 aromatic rings. The van der Waals surface area contributed by atoms with Crippen LogP contribution in [0.1, 0.15) is 12.5 Å².